The van der Waals surface area contributed by atoms with Crippen LogP contribution in [0.4, 0.5) is 26.3 Å². The predicted molar refractivity (Wildman–Crippen MR) is 138 cm³/mol. The molecule has 3 aromatic rings. The minimum absolute atomic E-state index is 0.0293. The van der Waals surface area contributed by atoms with Crippen molar-refractivity contribution in [1.82, 2.24) is 0 Å². The van der Waals surface area contributed by atoms with E-state index in [0.717, 1.165) is 12.1 Å². The van der Waals surface area contributed by atoms with Crippen molar-refractivity contribution in [3.63, 3.8) is 0 Å². The van der Waals surface area contributed by atoms with Crippen LogP contribution in [0.1, 0.15) is 36.0 Å². The van der Waals surface area contributed by atoms with Crippen LogP contribution in [0.25, 0.3) is 0 Å². The van der Waals surface area contributed by atoms with Gasteiger partial charge < -0.3 is 4.74 Å². The molecule has 40 heavy (non-hydrogen) atoms. The fourth-order valence-electron chi connectivity index (χ4n) is 4.98. The normalized spacial score (nSPS) is 20.9. The van der Waals surface area contributed by atoms with Crippen LogP contribution in [0.5, 0.6) is 0 Å². The number of hydrogen-bond donors (Lipinski definition) is 0. The smallest absolute Gasteiger partial charge is 0.349 e. The third-order valence-electron chi connectivity index (χ3n) is 7.12. The molecule has 0 heterocycles. The van der Waals surface area contributed by atoms with Gasteiger partial charge in [0.25, 0.3) is 5.60 Å². The molecule has 0 radical (unpaired) electrons. The molecule has 214 valence electrons. The van der Waals surface area contributed by atoms with E-state index in [2.05, 4.69) is 20.7 Å². The molecule has 3 aromatic carbocycles. The zero-order chi connectivity index (χ0) is 29.4. The Labute approximate surface area is 235 Å². The van der Waals surface area contributed by atoms with Crippen LogP contribution in [0.2, 0.25) is 0 Å². The Balaban J connectivity index is 1.85. The highest BCUT2D eigenvalue weighted by Crippen LogP contribution is 2.54. The van der Waals surface area contributed by atoms with Gasteiger partial charge in [-0.3, -0.25) is 4.79 Å². The largest absolute Gasteiger partial charge is 0.430 e. The fraction of sp³-hybridized carbons (Fsp3) is 0.321. The second-order valence-corrected chi connectivity index (χ2v) is 12.8. The number of rotatable bonds is 7. The molecule has 12 heteroatoms. The Morgan fingerprint density at radius 2 is 1.35 bits per heavy atom. The van der Waals surface area contributed by atoms with Crippen LogP contribution in [-0.2, 0) is 36.3 Å². The zero-order valence-electron chi connectivity index (χ0n) is 20.7. The first-order valence-corrected chi connectivity index (χ1v) is 14.4. The topological polar surface area (TPSA) is 60.4 Å². The summed E-state index contributed by atoms with van der Waals surface area (Å²) >= 11 is 3.20. The van der Waals surface area contributed by atoms with E-state index < -0.39 is 49.5 Å². The van der Waals surface area contributed by atoms with Crippen molar-refractivity contribution >= 4 is 31.6 Å². The molecule has 0 saturated heterocycles. The third kappa shape index (κ3) is 5.21. The second kappa shape index (κ2) is 10.9. The van der Waals surface area contributed by atoms with Gasteiger partial charge in [-0.25, -0.2) is 8.42 Å². The highest BCUT2D eigenvalue weighted by Gasteiger charge is 2.73. The van der Waals surface area contributed by atoms with Gasteiger partial charge in [0.05, 0.1) is 16.3 Å². The summed E-state index contributed by atoms with van der Waals surface area (Å²) in [6.07, 6.45) is -12.4. The monoisotopic (exact) mass is 648 g/mol. The molecule has 0 aromatic heterocycles. The predicted octanol–water partition coefficient (Wildman–Crippen LogP) is 7.41. The molecule has 2 atom stereocenters. The minimum atomic E-state index is -5.91. The van der Waals surface area contributed by atoms with Crippen molar-refractivity contribution in [2.24, 2.45) is 0 Å². The van der Waals surface area contributed by atoms with E-state index >= 15 is 0 Å². The first-order valence-electron chi connectivity index (χ1n) is 12.0. The Morgan fingerprint density at radius 1 is 0.825 bits per heavy atom. The number of benzene rings is 3. The molecule has 1 fully saturated rings. The molecule has 1 aliphatic carbocycles. The molecule has 0 spiro atoms. The number of ketones is 1. The molecule has 4 rings (SSSR count). The van der Waals surface area contributed by atoms with E-state index in [-0.39, 0.29) is 41.1 Å². The van der Waals surface area contributed by atoms with Crippen LogP contribution in [0.3, 0.4) is 0 Å². The van der Waals surface area contributed by atoms with Crippen molar-refractivity contribution in [3.8, 4) is 0 Å². The van der Waals surface area contributed by atoms with E-state index in [1.54, 1.807) is 12.1 Å². The molecule has 1 aliphatic rings. The molecule has 2 unspecified atom stereocenters. The van der Waals surface area contributed by atoms with E-state index in [9.17, 15) is 39.6 Å². The van der Waals surface area contributed by atoms with Crippen molar-refractivity contribution in [2.45, 2.75) is 58.3 Å². The molecular formula is C28H23BrF6O4S. The second-order valence-electron chi connectivity index (χ2n) is 9.48. The van der Waals surface area contributed by atoms with Crippen LogP contribution >= 0.6 is 15.9 Å². The van der Waals surface area contributed by atoms with E-state index in [4.69, 9.17) is 0 Å². The number of carbonyl (C=O) groups excluding carboxylic acids is 1. The highest BCUT2D eigenvalue weighted by atomic mass is 79.9. The van der Waals surface area contributed by atoms with Crippen LogP contribution < -0.4 is 0 Å². The molecule has 1 saturated carbocycles. The summed E-state index contributed by atoms with van der Waals surface area (Å²) < 4.78 is 117. The summed E-state index contributed by atoms with van der Waals surface area (Å²) in [5, 5.41) is 0. The summed E-state index contributed by atoms with van der Waals surface area (Å²) in [4.78, 5) is 11.3. The summed E-state index contributed by atoms with van der Waals surface area (Å²) in [5.41, 5.74) is -5.86. The minimum Gasteiger partial charge on any atom is -0.349 e. The summed E-state index contributed by atoms with van der Waals surface area (Å²) in [6.45, 7) is -0.985. The van der Waals surface area contributed by atoms with Crippen molar-refractivity contribution in [3.05, 3.63) is 102 Å². The number of halogens is 7. The summed E-state index contributed by atoms with van der Waals surface area (Å²) in [6, 6.07) is 17.5. The number of Topliss-reactive ketones (excluding diaryl/α,β-unsaturated/α-hetero) is 1. The Bertz CT molecular complexity index is 1430. The SMILES string of the molecule is O=C1CCC(c2ccc(C(OCc3ccccc3)(C(F)(F)F)C(F)(F)F)cc2)(S(=O)(=O)c2ccccc2)CC1Br. The van der Waals surface area contributed by atoms with Gasteiger partial charge in [0.1, 0.15) is 10.5 Å². The van der Waals surface area contributed by atoms with Gasteiger partial charge in [-0.05, 0) is 36.1 Å². The first kappa shape index (κ1) is 30.3. The van der Waals surface area contributed by atoms with Crippen molar-refractivity contribution < 1.29 is 44.3 Å². The average Bonchev–Trinajstić information content (AvgIpc) is 2.90. The first-order chi connectivity index (χ1) is 18.7. The number of alkyl halides is 7. The summed E-state index contributed by atoms with van der Waals surface area (Å²) in [5.74, 6) is -0.252. The van der Waals surface area contributed by atoms with Crippen LogP contribution in [0.15, 0.2) is 89.8 Å². The fourth-order valence-corrected chi connectivity index (χ4v) is 8.15. The maximum Gasteiger partial charge on any atom is 0.430 e. The van der Waals surface area contributed by atoms with E-state index in [0.29, 0.717) is 12.1 Å². The molecule has 4 nitrogen and oxygen atoms in total. The van der Waals surface area contributed by atoms with Crippen molar-refractivity contribution in [2.75, 3.05) is 0 Å². The van der Waals surface area contributed by atoms with Crippen LogP contribution in [0, 0.1) is 0 Å². The van der Waals surface area contributed by atoms with Gasteiger partial charge in [0.2, 0.25) is 0 Å². The third-order valence-corrected chi connectivity index (χ3v) is 10.5. The Kier molecular flexibility index (Phi) is 8.28. The number of sulfone groups is 1. The molecule has 0 aliphatic heterocycles. The zero-order valence-corrected chi connectivity index (χ0v) is 23.1. The number of hydrogen-bond acceptors (Lipinski definition) is 4. The lowest BCUT2D eigenvalue weighted by Crippen LogP contribution is -2.55. The van der Waals surface area contributed by atoms with E-state index in [1.165, 1.54) is 48.5 Å². The lowest BCUT2D eigenvalue weighted by molar-refractivity contribution is -0.392. The van der Waals surface area contributed by atoms with Crippen molar-refractivity contribution in [1.29, 1.82) is 0 Å². The van der Waals surface area contributed by atoms with Gasteiger partial charge in [-0.1, -0.05) is 88.7 Å². The van der Waals surface area contributed by atoms with Gasteiger partial charge in [0, 0.05) is 12.0 Å². The van der Waals surface area contributed by atoms with Gasteiger partial charge in [0.15, 0.2) is 9.84 Å². The average molecular weight is 649 g/mol. The number of ether oxygens (including phenoxy) is 1. The standard InChI is InChI=1S/C28H23BrF6O4S/c29-23-17-25(16-15-24(23)36,40(37,38)22-9-5-2-6-10-22)20-11-13-21(14-12-20)26(27(30,31)32,28(33,34)35)39-18-19-7-3-1-4-8-19/h1-14,23H,15-18H2. The van der Waals surface area contributed by atoms with Gasteiger partial charge in [-0.2, -0.15) is 26.3 Å². The van der Waals surface area contributed by atoms with Gasteiger partial charge >= 0.3 is 12.4 Å². The molecule has 0 bridgehead atoms. The number of carbonyl (C=O) groups is 1. The quantitative estimate of drug-likeness (QED) is 0.198. The highest BCUT2D eigenvalue weighted by molar-refractivity contribution is 9.10. The lowest BCUT2D eigenvalue weighted by Gasteiger charge is -2.40. The summed E-state index contributed by atoms with van der Waals surface area (Å²) in [7, 11) is -4.24. The maximum absolute atomic E-state index is 14.3. The maximum atomic E-state index is 14.3. The molecule has 0 N–H and O–H groups in total. The Hall–Kier alpha value is -2.70. The lowest BCUT2D eigenvalue weighted by atomic mass is 9.81. The Morgan fingerprint density at radius 3 is 1.85 bits per heavy atom. The van der Waals surface area contributed by atoms with E-state index in [1.807, 2.05) is 0 Å². The molecule has 0 amide bonds. The van der Waals surface area contributed by atoms with Gasteiger partial charge in [-0.15, -0.1) is 0 Å². The molecular weight excluding hydrogens is 626 g/mol. The van der Waals surface area contributed by atoms with Crippen LogP contribution in [-0.4, -0.2) is 31.4 Å².